The number of rotatable bonds is 6. The number of hydrogen-bond donors (Lipinski definition) is 1. The van der Waals surface area contributed by atoms with Gasteiger partial charge in [-0.1, -0.05) is 35.5 Å². The zero-order chi connectivity index (χ0) is 18.5. The molecule has 0 spiro atoms. The Morgan fingerprint density at radius 2 is 2.00 bits per heavy atom. The van der Waals surface area contributed by atoms with Crippen LogP contribution in [0.1, 0.15) is 30.0 Å². The Morgan fingerprint density at radius 1 is 1.15 bits per heavy atom. The Balaban J connectivity index is 1.30. The highest BCUT2D eigenvalue weighted by Gasteiger charge is 2.16. The van der Waals surface area contributed by atoms with E-state index in [1.165, 1.54) is 0 Å². The van der Waals surface area contributed by atoms with E-state index in [-0.39, 0.29) is 19.1 Å². The Kier molecular flexibility index (Phi) is 5.09. The van der Waals surface area contributed by atoms with E-state index in [4.69, 9.17) is 9.26 Å². The second kappa shape index (κ2) is 7.99. The van der Waals surface area contributed by atoms with Crippen LogP contribution >= 0.6 is 0 Å². The summed E-state index contributed by atoms with van der Waals surface area (Å²) >= 11 is 0. The number of benzene rings is 1. The molecule has 3 aromatic rings. The van der Waals surface area contributed by atoms with Crippen LogP contribution in [0.15, 0.2) is 47.1 Å². The van der Waals surface area contributed by atoms with E-state index in [2.05, 4.69) is 20.4 Å². The quantitative estimate of drug-likeness (QED) is 0.723. The van der Waals surface area contributed by atoms with Gasteiger partial charge in [-0.05, 0) is 31.7 Å². The number of ether oxygens (including phenoxy) is 1. The summed E-state index contributed by atoms with van der Waals surface area (Å²) in [5, 5.41) is 6.67. The molecule has 0 atom stereocenters. The van der Waals surface area contributed by atoms with Crippen molar-refractivity contribution in [3.63, 3.8) is 0 Å². The fourth-order valence-electron chi connectivity index (χ4n) is 3.13. The van der Waals surface area contributed by atoms with Crippen molar-refractivity contribution in [1.82, 2.24) is 20.4 Å². The molecule has 138 valence electrons. The van der Waals surface area contributed by atoms with Crippen LogP contribution in [0.25, 0.3) is 11.4 Å². The SMILES string of the molecule is O=C(COc1ccnc2c1CCCC2)NCc1nc(-c2ccccc2)no1. The maximum atomic E-state index is 12.1. The first kappa shape index (κ1) is 17.2. The lowest BCUT2D eigenvalue weighted by atomic mass is 9.95. The average Bonchev–Trinajstić information content (AvgIpc) is 3.20. The molecule has 7 nitrogen and oxygen atoms in total. The third-order valence-corrected chi connectivity index (χ3v) is 4.49. The smallest absolute Gasteiger partial charge is 0.258 e. The van der Waals surface area contributed by atoms with Gasteiger partial charge in [-0.15, -0.1) is 0 Å². The molecular formula is C20H20N4O3. The fraction of sp³-hybridized carbons (Fsp3) is 0.300. The summed E-state index contributed by atoms with van der Waals surface area (Å²) in [6, 6.07) is 11.4. The third kappa shape index (κ3) is 4.13. The molecule has 0 radical (unpaired) electrons. The lowest BCUT2D eigenvalue weighted by molar-refractivity contribution is -0.123. The summed E-state index contributed by atoms with van der Waals surface area (Å²) in [7, 11) is 0. The average molecular weight is 364 g/mol. The number of carbonyl (C=O) groups excluding carboxylic acids is 1. The van der Waals surface area contributed by atoms with Crippen molar-refractivity contribution in [2.45, 2.75) is 32.2 Å². The van der Waals surface area contributed by atoms with Crippen molar-refractivity contribution in [3.8, 4) is 17.1 Å². The first-order valence-corrected chi connectivity index (χ1v) is 9.04. The minimum atomic E-state index is -0.240. The Labute approximate surface area is 156 Å². The number of nitrogens with one attached hydrogen (secondary N) is 1. The topological polar surface area (TPSA) is 90.1 Å². The molecule has 1 N–H and O–H groups in total. The van der Waals surface area contributed by atoms with E-state index in [0.717, 1.165) is 48.3 Å². The summed E-state index contributed by atoms with van der Waals surface area (Å²) in [5.41, 5.74) is 3.07. The predicted molar refractivity (Wildman–Crippen MR) is 98.0 cm³/mol. The zero-order valence-electron chi connectivity index (χ0n) is 14.9. The van der Waals surface area contributed by atoms with E-state index >= 15 is 0 Å². The van der Waals surface area contributed by atoms with E-state index in [0.29, 0.717) is 11.7 Å². The minimum absolute atomic E-state index is 0.0594. The highest BCUT2D eigenvalue weighted by atomic mass is 16.5. The number of aryl methyl sites for hydroxylation is 1. The number of pyridine rings is 1. The lowest BCUT2D eigenvalue weighted by Gasteiger charge is -2.18. The van der Waals surface area contributed by atoms with Gasteiger partial charge in [0.1, 0.15) is 5.75 Å². The molecule has 1 aromatic carbocycles. The van der Waals surface area contributed by atoms with E-state index in [1.54, 1.807) is 6.20 Å². The van der Waals surface area contributed by atoms with Crippen LogP contribution in [0.4, 0.5) is 0 Å². The third-order valence-electron chi connectivity index (χ3n) is 4.49. The second-order valence-electron chi connectivity index (χ2n) is 6.38. The maximum absolute atomic E-state index is 12.1. The van der Waals surface area contributed by atoms with Gasteiger partial charge in [0, 0.05) is 23.0 Å². The molecule has 0 aliphatic heterocycles. The Morgan fingerprint density at radius 3 is 2.89 bits per heavy atom. The molecule has 0 saturated heterocycles. The van der Waals surface area contributed by atoms with Gasteiger partial charge < -0.3 is 14.6 Å². The van der Waals surface area contributed by atoms with Crippen molar-refractivity contribution < 1.29 is 14.1 Å². The van der Waals surface area contributed by atoms with Crippen LogP contribution in [-0.4, -0.2) is 27.6 Å². The summed E-state index contributed by atoms with van der Waals surface area (Å²) in [4.78, 5) is 20.8. The lowest BCUT2D eigenvalue weighted by Crippen LogP contribution is -2.28. The van der Waals surface area contributed by atoms with Gasteiger partial charge in [-0.25, -0.2) is 0 Å². The summed E-state index contributed by atoms with van der Waals surface area (Å²) in [6.45, 7) is 0.104. The normalized spacial score (nSPS) is 13.0. The maximum Gasteiger partial charge on any atom is 0.258 e. The van der Waals surface area contributed by atoms with E-state index in [1.807, 2.05) is 36.4 Å². The standard InChI is InChI=1S/C20H20N4O3/c25-18(13-26-17-10-11-21-16-9-5-4-8-15(16)17)22-12-19-23-20(24-27-19)14-6-2-1-3-7-14/h1-3,6-7,10-11H,4-5,8-9,12-13H2,(H,22,25). The van der Waals surface area contributed by atoms with Gasteiger partial charge in [0.05, 0.1) is 6.54 Å². The van der Waals surface area contributed by atoms with Crippen LogP contribution in [-0.2, 0) is 24.2 Å². The predicted octanol–water partition coefficient (Wildman–Crippen LogP) is 2.71. The van der Waals surface area contributed by atoms with Crippen LogP contribution < -0.4 is 10.1 Å². The molecular weight excluding hydrogens is 344 g/mol. The molecule has 2 heterocycles. The Hall–Kier alpha value is -3.22. The van der Waals surface area contributed by atoms with Crippen molar-refractivity contribution in [2.75, 3.05) is 6.61 Å². The molecule has 1 aliphatic rings. The summed E-state index contributed by atoms with van der Waals surface area (Å²) in [5.74, 6) is 1.36. The molecule has 0 unspecified atom stereocenters. The van der Waals surface area contributed by atoms with Crippen LogP contribution in [0.3, 0.4) is 0 Å². The monoisotopic (exact) mass is 364 g/mol. The second-order valence-corrected chi connectivity index (χ2v) is 6.38. The van der Waals surface area contributed by atoms with Crippen LogP contribution in [0, 0.1) is 0 Å². The van der Waals surface area contributed by atoms with Gasteiger partial charge in [-0.2, -0.15) is 4.98 Å². The molecule has 27 heavy (non-hydrogen) atoms. The van der Waals surface area contributed by atoms with Crippen LogP contribution in [0.5, 0.6) is 5.75 Å². The van der Waals surface area contributed by atoms with Gasteiger partial charge in [0.2, 0.25) is 11.7 Å². The van der Waals surface area contributed by atoms with Gasteiger partial charge in [0.25, 0.3) is 5.91 Å². The highest BCUT2D eigenvalue weighted by Crippen LogP contribution is 2.27. The van der Waals surface area contributed by atoms with Crippen LogP contribution in [0.2, 0.25) is 0 Å². The first-order chi connectivity index (χ1) is 13.3. The molecule has 0 bridgehead atoms. The van der Waals surface area contributed by atoms with E-state index in [9.17, 15) is 4.79 Å². The fourth-order valence-corrected chi connectivity index (χ4v) is 3.13. The molecule has 7 heteroatoms. The molecule has 1 amide bonds. The molecule has 0 fully saturated rings. The van der Waals surface area contributed by atoms with Gasteiger partial charge in [0.15, 0.2) is 6.61 Å². The van der Waals surface area contributed by atoms with Crippen molar-refractivity contribution in [3.05, 3.63) is 59.7 Å². The number of amides is 1. The number of hydrogen-bond acceptors (Lipinski definition) is 6. The molecule has 2 aromatic heterocycles. The molecule has 0 saturated carbocycles. The summed E-state index contributed by atoms with van der Waals surface area (Å²) < 4.78 is 10.9. The highest BCUT2D eigenvalue weighted by molar-refractivity contribution is 5.77. The number of carbonyl (C=O) groups is 1. The van der Waals surface area contributed by atoms with E-state index < -0.39 is 0 Å². The van der Waals surface area contributed by atoms with Crippen molar-refractivity contribution in [1.29, 1.82) is 0 Å². The van der Waals surface area contributed by atoms with Crippen molar-refractivity contribution >= 4 is 5.91 Å². The largest absolute Gasteiger partial charge is 0.483 e. The van der Waals surface area contributed by atoms with Gasteiger partial charge >= 0.3 is 0 Å². The van der Waals surface area contributed by atoms with Crippen molar-refractivity contribution in [2.24, 2.45) is 0 Å². The number of nitrogens with zero attached hydrogens (tertiary/aromatic N) is 3. The van der Waals surface area contributed by atoms with Gasteiger partial charge in [-0.3, -0.25) is 9.78 Å². The first-order valence-electron chi connectivity index (χ1n) is 9.04. The molecule has 4 rings (SSSR count). The minimum Gasteiger partial charge on any atom is -0.483 e. The summed E-state index contributed by atoms with van der Waals surface area (Å²) in [6.07, 6.45) is 5.94. The molecule has 1 aliphatic carbocycles. The number of fused-ring (bicyclic) bond motifs is 1. The number of aromatic nitrogens is 3. The Bertz CT molecular complexity index is 924. The zero-order valence-corrected chi connectivity index (χ0v) is 14.9.